The molecule has 0 fully saturated rings. The van der Waals surface area contributed by atoms with Crippen LogP contribution in [0, 0.1) is 44.4 Å². The van der Waals surface area contributed by atoms with Crippen molar-refractivity contribution in [3.05, 3.63) is 46.3 Å². The molecule has 9 nitrogen and oxygen atoms in total. The Morgan fingerprint density at radius 1 is 1.24 bits per heavy atom. The lowest BCUT2D eigenvalue weighted by molar-refractivity contribution is -0.383. The fraction of sp³-hybridized carbons (Fsp3) is 0.143. The lowest BCUT2D eigenvalue weighted by Gasteiger charge is -2.17. The highest BCUT2D eigenvalue weighted by Gasteiger charge is 2.27. The van der Waals surface area contributed by atoms with Crippen LogP contribution in [0.25, 0.3) is 0 Å². The first-order chi connectivity index (χ1) is 12.0. The van der Waals surface area contributed by atoms with E-state index in [0.717, 1.165) is 29.4 Å². The van der Waals surface area contributed by atoms with Crippen LogP contribution in [0.4, 0.5) is 31.8 Å². The third-order valence-electron chi connectivity index (χ3n) is 2.99. The summed E-state index contributed by atoms with van der Waals surface area (Å²) in [7, 11) is 0. The number of benzene rings is 1. The van der Waals surface area contributed by atoms with Crippen molar-refractivity contribution < 1.29 is 13.7 Å². The van der Waals surface area contributed by atoms with Crippen LogP contribution in [0.3, 0.4) is 0 Å². The maximum atomic E-state index is 13.7. The van der Waals surface area contributed by atoms with Crippen molar-refractivity contribution in [3.8, 4) is 12.1 Å². The predicted molar refractivity (Wildman–Crippen MR) is 81.8 cm³/mol. The van der Waals surface area contributed by atoms with E-state index in [-0.39, 0.29) is 24.6 Å². The van der Waals surface area contributed by atoms with Gasteiger partial charge in [0.05, 0.1) is 22.7 Å². The average Bonchev–Trinajstić information content (AvgIpc) is 2.57. The number of halogens is 2. The molecule has 0 aliphatic carbocycles. The number of rotatable bonds is 6. The lowest BCUT2D eigenvalue weighted by Crippen LogP contribution is -2.26. The van der Waals surface area contributed by atoms with E-state index in [4.69, 9.17) is 10.5 Å². The van der Waals surface area contributed by atoms with Crippen LogP contribution in [-0.4, -0.2) is 28.0 Å². The maximum Gasteiger partial charge on any atom is 0.353 e. The zero-order valence-electron chi connectivity index (χ0n) is 12.5. The summed E-state index contributed by atoms with van der Waals surface area (Å²) < 4.78 is 27.0. The lowest BCUT2D eigenvalue weighted by atomic mass is 10.3. The van der Waals surface area contributed by atoms with Crippen molar-refractivity contribution in [1.29, 1.82) is 10.5 Å². The molecule has 11 heteroatoms. The van der Waals surface area contributed by atoms with Gasteiger partial charge in [0.15, 0.2) is 0 Å². The number of nitriles is 2. The SMILES string of the molecule is N#CCN(CC#N)c1ncnc(Nc2cc(F)ccc2F)c1[N+](=O)[O-]. The van der Waals surface area contributed by atoms with Crippen LogP contribution < -0.4 is 10.2 Å². The van der Waals surface area contributed by atoms with Crippen molar-refractivity contribution in [1.82, 2.24) is 9.97 Å². The second-order valence-electron chi connectivity index (χ2n) is 4.57. The first-order valence-electron chi connectivity index (χ1n) is 6.68. The van der Waals surface area contributed by atoms with Crippen LogP contribution in [0.5, 0.6) is 0 Å². The Hall–Kier alpha value is -3.86. The Morgan fingerprint density at radius 2 is 1.92 bits per heavy atom. The summed E-state index contributed by atoms with van der Waals surface area (Å²) in [5.41, 5.74) is -1.03. The summed E-state index contributed by atoms with van der Waals surface area (Å²) in [4.78, 5) is 19.1. The number of nitrogens with one attached hydrogen (secondary N) is 1. The second-order valence-corrected chi connectivity index (χ2v) is 4.57. The minimum atomic E-state index is -0.846. The van der Waals surface area contributed by atoms with E-state index in [1.165, 1.54) is 0 Å². The number of nitrogens with zero attached hydrogens (tertiary/aromatic N) is 6. The first-order valence-corrected chi connectivity index (χ1v) is 6.68. The van der Waals surface area contributed by atoms with Crippen LogP contribution >= 0.6 is 0 Å². The van der Waals surface area contributed by atoms with Gasteiger partial charge in [-0.1, -0.05) is 0 Å². The molecule has 1 aromatic heterocycles. The quantitative estimate of drug-likeness (QED) is 0.479. The summed E-state index contributed by atoms with van der Waals surface area (Å²) in [6, 6.07) is 6.08. The fourth-order valence-electron chi connectivity index (χ4n) is 1.96. The zero-order chi connectivity index (χ0) is 18.4. The van der Waals surface area contributed by atoms with Crippen molar-refractivity contribution in [3.63, 3.8) is 0 Å². The van der Waals surface area contributed by atoms with Crippen LogP contribution in [-0.2, 0) is 0 Å². The second kappa shape index (κ2) is 7.61. The smallest absolute Gasteiger partial charge is 0.332 e. The molecule has 0 saturated carbocycles. The molecule has 0 amide bonds. The summed E-state index contributed by atoms with van der Waals surface area (Å²) >= 11 is 0. The molecule has 1 heterocycles. The summed E-state index contributed by atoms with van der Waals surface area (Å²) in [6.45, 7) is -0.668. The number of anilines is 3. The van der Waals surface area contributed by atoms with Gasteiger partial charge in [0.2, 0.25) is 11.6 Å². The zero-order valence-corrected chi connectivity index (χ0v) is 12.5. The predicted octanol–water partition coefficient (Wildman–Crippen LogP) is 2.26. The first kappa shape index (κ1) is 17.5. The van der Waals surface area contributed by atoms with Gasteiger partial charge in [-0.05, 0) is 12.1 Å². The minimum absolute atomic E-state index is 0.289. The third kappa shape index (κ3) is 3.92. The Bertz CT molecular complexity index is 876. The van der Waals surface area contributed by atoms with Crippen molar-refractivity contribution in [2.75, 3.05) is 23.3 Å². The van der Waals surface area contributed by atoms with Gasteiger partial charge in [-0.15, -0.1) is 0 Å². The Kier molecular flexibility index (Phi) is 5.32. The molecule has 25 heavy (non-hydrogen) atoms. The van der Waals surface area contributed by atoms with Crippen LogP contribution in [0.15, 0.2) is 24.5 Å². The van der Waals surface area contributed by atoms with E-state index in [1.54, 1.807) is 12.1 Å². The van der Waals surface area contributed by atoms with Gasteiger partial charge < -0.3 is 10.2 Å². The number of hydrogen-bond donors (Lipinski definition) is 1. The molecule has 2 rings (SSSR count). The maximum absolute atomic E-state index is 13.7. The van der Waals surface area contributed by atoms with Crippen LogP contribution in [0.1, 0.15) is 0 Å². The van der Waals surface area contributed by atoms with E-state index in [1.807, 2.05) is 0 Å². The normalized spacial score (nSPS) is 9.76. The van der Waals surface area contributed by atoms with E-state index in [0.29, 0.717) is 0 Å². The average molecular weight is 345 g/mol. The molecule has 0 saturated heterocycles. The molecule has 0 spiro atoms. The molecule has 126 valence electrons. The van der Waals surface area contributed by atoms with Gasteiger partial charge in [-0.2, -0.15) is 10.5 Å². The highest BCUT2D eigenvalue weighted by molar-refractivity contribution is 5.74. The molecule has 1 aromatic carbocycles. The highest BCUT2D eigenvalue weighted by atomic mass is 19.1. The molecule has 2 aromatic rings. The summed E-state index contributed by atoms with van der Waals surface area (Å²) in [5.74, 6) is -2.29. The number of aromatic nitrogens is 2. The Morgan fingerprint density at radius 3 is 2.52 bits per heavy atom. The van der Waals surface area contributed by atoms with Crippen LogP contribution in [0.2, 0.25) is 0 Å². The van der Waals surface area contributed by atoms with Gasteiger partial charge in [0.1, 0.15) is 31.1 Å². The largest absolute Gasteiger partial charge is 0.353 e. The van der Waals surface area contributed by atoms with Gasteiger partial charge >= 0.3 is 5.69 Å². The Balaban J connectivity index is 2.54. The molecule has 0 bridgehead atoms. The minimum Gasteiger partial charge on any atom is -0.332 e. The number of hydrogen-bond acceptors (Lipinski definition) is 8. The van der Waals surface area contributed by atoms with Crippen molar-refractivity contribution in [2.24, 2.45) is 0 Å². The summed E-state index contributed by atoms with van der Waals surface area (Å²) in [6.07, 6.45) is 0.948. The molecular formula is C14H9F2N7O2. The fourth-order valence-corrected chi connectivity index (χ4v) is 1.96. The van der Waals surface area contributed by atoms with Gasteiger partial charge in [0, 0.05) is 6.07 Å². The highest BCUT2D eigenvalue weighted by Crippen LogP contribution is 2.34. The molecule has 0 atom stereocenters. The van der Waals surface area contributed by atoms with E-state index in [2.05, 4.69) is 15.3 Å². The van der Waals surface area contributed by atoms with E-state index >= 15 is 0 Å². The van der Waals surface area contributed by atoms with Gasteiger partial charge in [-0.3, -0.25) is 10.1 Å². The molecule has 1 N–H and O–H groups in total. The van der Waals surface area contributed by atoms with Gasteiger partial charge in [0.25, 0.3) is 0 Å². The molecule has 0 aliphatic rings. The Labute approximate surface area is 139 Å². The summed E-state index contributed by atoms with van der Waals surface area (Å²) in [5, 5.41) is 31.4. The molecule has 0 unspecified atom stereocenters. The topological polar surface area (TPSA) is 132 Å². The molecule has 0 aliphatic heterocycles. The van der Waals surface area contributed by atoms with Gasteiger partial charge in [-0.25, -0.2) is 18.7 Å². The van der Waals surface area contributed by atoms with Crippen molar-refractivity contribution in [2.45, 2.75) is 0 Å². The third-order valence-corrected chi connectivity index (χ3v) is 2.99. The molecule has 0 radical (unpaired) electrons. The molecular weight excluding hydrogens is 336 g/mol. The monoisotopic (exact) mass is 345 g/mol. The standard InChI is InChI=1S/C14H9F2N7O2/c15-9-1-2-10(16)11(7-9)21-13-12(23(24)25)14(20-8-19-13)22(5-3-17)6-4-18/h1-2,7-8H,5-6H2,(H,19,20,21). The van der Waals surface area contributed by atoms with Crippen molar-refractivity contribution >= 4 is 23.0 Å². The van der Waals surface area contributed by atoms with E-state index in [9.17, 15) is 18.9 Å². The number of nitro groups is 1. The van der Waals surface area contributed by atoms with E-state index < -0.39 is 28.1 Å².